The van der Waals surface area contributed by atoms with Crippen LogP contribution in [0, 0.1) is 5.82 Å². The Morgan fingerprint density at radius 1 is 1.25 bits per heavy atom. The Hall–Kier alpha value is -2.95. The summed E-state index contributed by atoms with van der Waals surface area (Å²) in [7, 11) is 0. The topological polar surface area (TPSA) is 51.2 Å². The van der Waals surface area contributed by atoms with Crippen molar-refractivity contribution in [2.24, 2.45) is 0 Å². The number of carbonyl (C=O) groups is 1. The van der Waals surface area contributed by atoms with Crippen molar-refractivity contribution in [3.63, 3.8) is 0 Å². The van der Waals surface area contributed by atoms with Crippen LogP contribution in [0.3, 0.4) is 0 Å². The van der Waals surface area contributed by atoms with Gasteiger partial charge in [-0.25, -0.2) is 4.39 Å². The van der Waals surface area contributed by atoms with E-state index in [1.54, 1.807) is 18.5 Å². The van der Waals surface area contributed by atoms with Crippen molar-refractivity contribution >= 4 is 22.7 Å². The van der Waals surface area contributed by atoms with Crippen LogP contribution in [0.5, 0.6) is 0 Å². The van der Waals surface area contributed by atoms with E-state index in [1.807, 2.05) is 32.1 Å². The summed E-state index contributed by atoms with van der Waals surface area (Å²) in [6, 6.07) is 8.06. The highest BCUT2D eigenvalue weighted by molar-refractivity contribution is 6.32. The zero-order valence-electron chi connectivity index (χ0n) is 13.3. The number of amides is 1. The van der Waals surface area contributed by atoms with Gasteiger partial charge in [0.1, 0.15) is 17.2 Å². The van der Waals surface area contributed by atoms with E-state index < -0.39 is 5.60 Å². The zero-order chi connectivity index (χ0) is 16.9. The van der Waals surface area contributed by atoms with Gasteiger partial charge in [0, 0.05) is 29.1 Å². The van der Waals surface area contributed by atoms with E-state index in [2.05, 4.69) is 10.3 Å². The number of ether oxygens (including phenoxy) is 1. The number of hydrogen-bond acceptors (Lipinski definition) is 3. The molecule has 3 heterocycles. The lowest BCUT2D eigenvalue weighted by Gasteiger charge is -2.23. The SMILES string of the molecule is CC1(C)O/C(=C2/C(=O)Nc3cc(F)ccc32)C=C1c1cccnc1. The Kier molecular flexibility index (Phi) is 3.06. The molecule has 2 aliphatic rings. The smallest absolute Gasteiger partial charge is 0.260 e. The largest absolute Gasteiger partial charge is 0.482 e. The van der Waals surface area contributed by atoms with Crippen LogP contribution < -0.4 is 5.32 Å². The minimum absolute atomic E-state index is 0.287. The molecule has 4 rings (SSSR count). The number of halogens is 1. The summed E-state index contributed by atoms with van der Waals surface area (Å²) in [5.74, 6) is -0.189. The molecular formula is C19H15FN2O2. The zero-order valence-corrected chi connectivity index (χ0v) is 13.3. The standard InChI is InChI=1S/C19H15FN2O2/c1-19(2)14(11-4-3-7-21-10-11)9-16(24-19)17-13-6-5-12(20)8-15(13)22-18(17)23/h3-10H,1-2H3,(H,22,23)/b17-16+. The first-order valence-corrected chi connectivity index (χ1v) is 7.63. The highest BCUT2D eigenvalue weighted by atomic mass is 19.1. The van der Waals surface area contributed by atoms with Crippen molar-refractivity contribution < 1.29 is 13.9 Å². The number of nitrogens with zero attached hydrogens (tertiary/aromatic N) is 1. The van der Waals surface area contributed by atoms with E-state index >= 15 is 0 Å². The molecule has 1 N–H and O–H groups in total. The lowest BCUT2D eigenvalue weighted by atomic mass is 9.93. The Labute approximate surface area is 138 Å². The molecule has 0 atom stereocenters. The van der Waals surface area contributed by atoms with Gasteiger partial charge >= 0.3 is 0 Å². The van der Waals surface area contributed by atoms with Gasteiger partial charge in [0.05, 0.1) is 11.3 Å². The lowest BCUT2D eigenvalue weighted by molar-refractivity contribution is -0.111. The van der Waals surface area contributed by atoms with Gasteiger partial charge in [0.2, 0.25) is 0 Å². The molecule has 0 saturated heterocycles. The third-order valence-electron chi connectivity index (χ3n) is 4.23. The van der Waals surface area contributed by atoms with E-state index in [0.29, 0.717) is 22.6 Å². The molecule has 2 aromatic rings. The summed E-state index contributed by atoms with van der Waals surface area (Å²) >= 11 is 0. The Morgan fingerprint density at radius 2 is 2.08 bits per heavy atom. The fourth-order valence-electron chi connectivity index (χ4n) is 3.13. The van der Waals surface area contributed by atoms with Crippen molar-refractivity contribution in [1.82, 2.24) is 4.98 Å². The Balaban J connectivity index is 1.88. The summed E-state index contributed by atoms with van der Waals surface area (Å²) < 4.78 is 19.4. The summed E-state index contributed by atoms with van der Waals surface area (Å²) in [6.45, 7) is 3.88. The van der Waals surface area contributed by atoms with Gasteiger partial charge in [-0.3, -0.25) is 9.78 Å². The molecule has 5 heteroatoms. The molecule has 0 aliphatic carbocycles. The third kappa shape index (κ3) is 2.21. The summed E-state index contributed by atoms with van der Waals surface area (Å²) in [5.41, 5.74) is 2.84. The van der Waals surface area contributed by atoms with E-state index in [-0.39, 0.29) is 11.7 Å². The second-order valence-electron chi connectivity index (χ2n) is 6.30. The summed E-state index contributed by atoms with van der Waals surface area (Å²) in [6.07, 6.45) is 5.34. The van der Waals surface area contributed by atoms with Crippen LogP contribution in [-0.2, 0) is 9.53 Å². The number of benzene rings is 1. The van der Waals surface area contributed by atoms with Crippen molar-refractivity contribution in [3.05, 3.63) is 71.5 Å². The van der Waals surface area contributed by atoms with Crippen molar-refractivity contribution in [2.75, 3.05) is 5.32 Å². The number of fused-ring (bicyclic) bond motifs is 1. The van der Waals surface area contributed by atoms with Crippen LogP contribution in [0.4, 0.5) is 10.1 Å². The number of aromatic nitrogens is 1. The van der Waals surface area contributed by atoms with Crippen LogP contribution in [0.1, 0.15) is 25.0 Å². The Morgan fingerprint density at radius 3 is 2.83 bits per heavy atom. The number of carbonyl (C=O) groups excluding carboxylic acids is 1. The Bertz CT molecular complexity index is 914. The van der Waals surface area contributed by atoms with E-state index in [0.717, 1.165) is 11.1 Å². The number of rotatable bonds is 1. The predicted molar refractivity (Wildman–Crippen MR) is 89.3 cm³/mol. The van der Waals surface area contributed by atoms with Crippen LogP contribution in [0.15, 0.2) is 54.6 Å². The van der Waals surface area contributed by atoms with E-state index in [4.69, 9.17) is 4.74 Å². The van der Waals surface area contributed by atoms with E-state index in [9.17, 15) is 9.18 Å². The van der Waals surface area contributed by atoms with Gasteiger partial charge in [-0.1, -0.05) is 6.07 Å². The molecule has 0 bridgehead atoms. The fourth-order valence-corrected chi connectivity index (χ4v) is 3.13. The first-order chi connectivity index (χ1) is 11.5. The van der Waals surface area contributed by atoms with Crippen molar-refractivity contribution in [3.8, 4) is 0 Å². The van der Waals surface area contributed by atoms with Crippen LogP contribution >= 0.6 is 0 Å². The summed E-state index contributed by atoms with van der Waals surface area (Å²) in [4.78, 5) is 16.5. The molecule has 1 amide bonds. The fraction of sp³-hybridized carbons (Fsp3) is 0.158. The maximum Gasteiger partial charge on any atom is 0.260 e. The van der Waals surface area contributed by atoms with Crippen LogP contribution in [0.2, 0.25) is 0 Å². The normalized spacial score (nSPS) is 21.1. The molecule has 0 unspecified atom stereocenters. The quantitative estimate of drug-likeness (QED) is 0.813. The minimum atomic E-state index is -0.589. The second kappa shape index (κ2) is 5.03. The van der Waals surface area contributed by atoms with Gasteiger partial charge in [-0.2, -0.15) is 0 Å². The third-order valence-corrected chi connectivity index (χ3v) is 4.23. The van der Waals surface area contributed by atoms with Gasteiger partial charge in [0.15, 0.2) is 0 Å². The van der Waals surface area contributed by atoms with Crippen LogP contribution in [-0.4, -0.2) is 16.5 Å². The molecule has 4 nitrogen and oxygen atoms in total. The molecule has 0 fully saturated rings. The molecule has 120 valence electrons. The van der Waals surface area contributed by atoms with E-state index in [1.165, 1.54) is 12.1 Å². The molecule has 2 aliphatic heterocycles. The maximum atomic E-state index is 13.4. The minimum Gasteiger partial charge on any atom is -0.482 e. The number of nitrogens with one attached hydrogen (secondary N) is 1. The number of allylic oxidation sites excluding steroid dienone is 1. The van der Waals surface area contributed by atoms with Crippen molar-refractivity contribution in [1.29, 1.82) is 0 Å². The van der Waals surface area contributed by atoms with Gasteiger partial charge in [-0.05, 0) is 44.2 Å². The highest BCUT2D eigenvalue weighted by Crippen LogP contribution is 2.44. The average Bonchev–Trinajstić information content (AvgIpc) is 3.02. The van der Waals surface area contributed by atoms with Gasteiger partial charge in [-0.15, -0.1) is 0 Å². The second-order valence-corrected chi connectivity index (χ2v) is 6.30. The maximum absolute atomic E-state index is 13.4. The lowest BCUT2D eigenvalue weighted by Crippen LogP contribution is -2.21. The van der Waals surface area contributed by atoms with Crippen molar-refractivity contribution in [2.45, 2.75) is 19.4 Å². The molecule has 0 radical (unpaired) electrons. The number of pyridine rings is 1. The first kappa shape index (κ1) is 14.6. The molecule has 0 saturated carbocycles. The van der Waals surface area contributed by atoms with Crippen LogP contribution in [0.25, 0.3) is 11.1 Å². The van der Waals surface area contributed by atoms with Gasteiger partial charge in [0.25, 0.3) is 5.91 Å². The molecule has 1 aromatic carbocycles. The average molecular weight is 322 g/mol. The highest BCUT2D eigenvalue weighted by Gasteiger charge is 2.38. The molecule has 1 aromatic heterocycles. The monoisotopic (exact) mass is 322 g/mol. The molecule has 0 spiro atoms. The number of anilines is 1. The van der Waals surface area contributed by atoms with Gasteiger partial charge < -0.3 is 10.1 Å². The molecular weight excluding hydrogens is 307 g/mol. The molecule has 24 heavy (non-hydrogen) atoms. The number of hydrogen-bond donors (Lipinski definition) is 1. The summed E-state index contributed by atoms with van der Waals surface area (Å²) in [5, 5.41) is 2.69. The first-order valence-electron chi connectivity index (χ1n) is 7.63. The predicted octanol–water partition coefficient (Wildman–Crippen LogP) is 3.78.